The smallest absolute Gasteiger partial charge is 0.319 e. The highest BCUT2D eigenvalue weighted by Gasteiger charge is 2.11. The molecule has 0 saturated carbocycles. The van der Waals surface area contributed by atoms with E-state index in [4.69, 9.17) is 0 Å². The van der Waals surface area contributed by atoms with Gasteiger partial charge in [0.1, 0.15) is 0 Å². The Morgan fingerprint density at radius 1 is 1.67 bits per heavy atom. The van der Waals surface area contributed by atoms with E-state index in [1.807, 2.05) is 25.1 Å². The van der Waals surface area contributed by atoms with Crippen molar-refractivity contribution in [2.45, 2.75) is 13.5 Å². The summed E-state index contributed by atoms with van der Waals surface area (Å²) >= 11 is 0. The van der Waals surface area contributed by atoms with Crippen molar-refractivity contribution in [3.63, 3.8) is 0 Å². The van der Waals surface area contributed by atoms with Crippen molar-refractivity contribution in [3.8, 4) is 0 Å². The summed E-state index contributed by atoms with van der Waals surface area (Å²) in [4.78, 5) is 13.0. The first-order chi connectivity index (χ1) is 7.15. The Labute approximate surface area is 88.8 Å². The molecule has 0 fully saturated rings. The molecular formula is C9H16N4O2. The molecule has 1 rings (SSSR count). The van der Waals surface area contributed by atoms with Crippen molar-refractivity contribution in [2.24, 2.45) is 7.05 Å². The predicted octanol–water partition coefficient (Wildman–Crippen LogP) is -0.190. The molecule has 0 aromatic carbocycles. The molecule has 6 nitrogen and oxygen atoms in total. The van der Waals surface area contributed by atoms with Crippen molar-refractivity contribution in [2.75, 3.05) is 20.2 Å². The van der Waals surface area contributed by atoms with Crippen molar-refractivity contribution < 1.29 is 9.53 Å². The first-order valence-corrected chi connectivity index (χ1v) is 4.80. The van der Waals surface area contributed by atoms with Gasteiger partial charge in [-0.2, -0.15) is 0 Å². The van der Waals surface area contributed by atoms with Gasteiger partial charge in [-0.05, 0) is 6.54 Å². The largest absolute Gasteiger partial charge is 0.468 e. The van der Waals surface area contributed by atoms with E-state index in [0.717, 1.165) is 12.2 Å². The van der Waals surface area contributed by atoms with Crippen LogP contribution in [0.2, 0.25) is 0 Å². The zero-order chi connectivity index (χ0) is 11.3. The molecule has 1 aromatic heterocycles. The summed E-state index contributed by atoms with van der Waals surface area (Å²) in [6.45, 7) is 3.65. The molecule has 1 heterocycles. The first-order valence-electron chi connectivity index (χ1n) is 4.80. The van der Waals surface area contributed by atoms with E-state index in [1.54, 1.807) is 4.68 Å². The topological polar surface area (TPSA) is 60.2 Å². The number of ether oxygens (including phenoxy) is 1. The molecule has 6 heteroatoms. The molecule has 0 unspecified atom stereocenters. The van der Waals surface area contributed by atoms with E-state index in [-0.39, 0.29) is 12.5 Å². The zero-order valence-electron chi connectivity index (χ0n) is 9.30. The fraction of sp³-hybridized carbons (Fsp3) is 0.667. The van der Waals surface area contributed by atoms with Crippen LogP contribution in [0.25, 0.3) is 0 Å². The van der Waals surface area contributed by atoms with Gasteiger partial charge in [-0.15, -0.1) is 5.10 Å². The number of carbonyl (C=O) groups excluding carboxylic acids is 1. The molecular weight excluding hydrogens is 196 g/mol. The first kappa shape index (κ1) is 11.6. The van der Waals surface area contributed by atoms with E-state index in [9.17, 15) is 4.79 Å². The van der Waals surface area contributed by atoms with Crippen LogP contribution in [0.4, 0.5) is 0 Å². The second-order valence-electron chi connectivity index (χ2n) is 3.26. The molecule has 0 N–H and O–H groups in total. The highest BCUT2D eigenvalue weighted by Crippen LogP contribution is 1.99. The van der Waals surface area contributed by atoms with Crippen LogP contribution < -0.4 is 0 Å². The summed E-state index contributed by atoms with van der Waals surface area (Å²) in [6, 6.07) is 0. The van der Waals surface area contributed by atoms with Crippen LogP contribution in [0.15, 0.2) is 6.20 Å². The Balaban J connectivity index is 2.50. The molecule has 15 heavy (non-hydrogen) atoms. The van der Waals surface area contributed by atoms with Gasteiger partial charge in [0.15, 0.2) is 0 Å². The Bertz CT molecular complexity index is 324. The lowest BCUT2D eigenvalue weighted by Crippen LogP contribution is -2.30. The van der Waals surface area contributed by atoms with E-state index in [1.165, 1.54) is 7.11 Å². The lowest BCUT2D eigenvalue weighted by molar-refractivity contribution is -0.142. The van der Waals surface area contributed by atoms with E-state index >= 15 is 0 Å². The van der Waals surface area contributed by atoms with Crippen LogP contribution in [0.1, 0.15) is 12.6 Å². The summed E-state index contributed by atoms with van der Waals surface area (Å²) in [5.41, 5.74) is 0.850. The van der Waals surface area contributed by atoms with Gasteiger partial charge in [0.05, 0.1) is 19.3 Å². The third-order valence-electron chi connectivity index (χ3n) is 2.06. The second-order valence-corrected chi connectivity index (χ2v) is 3.26. The summed E-state index contributed by atoms with van der Waals surface area (Å²) < 4.78 is 6.24. The monoisotopic (exact) mass is 212 g/mol. The maximum absolute atomic E-state index is 11.1. The van der Waals surface area contributed by atoms with Gasteiger partial charge in [0, 0.05) is 19.8 Å². The molecule has 1 aromatic rings. The Morgan fingerprint density at radius 3 is 2.87 bits per heavy atom. The standard InChI is InChI=1S/C9H16N4O2/c1-4-13(7-9(14)15-3)6-8-5-12(2)11-10-8/h5H,4,6-7H2,1-3H3. The Kier molecular flexibility index (Phi) is 4.23. The molecule has 0 aliphatic rings. The van der Waals surface area contributed by atoms with Gasteiger partial charge in [-0.1, -0.05) is 12.1 Å². The van der Waals surface area contributed by atoms with Crippen LogP contribution in [0.5, 0.6) is 0 Å². The lowest BCUT2D eigenvalue weighted by Gasteiger charge is -2.16. The van der Waals surface area contributed by atoms with Crippen molar-refractivity contribution in [3.05, 3.63) is 11.9 Å². The quantitative estimate of drug-likeness (QED) is 0.633. The molecule has 0 bridgehead atoms. The highest BCUT2D eigenvalue weighted by atomic mass is 16.5. The number of likely N-dealkylation sites (N-methyl/N-ethyl adjacent to an activating group) is 1. The van der Waals surface area contributed by atoms with Crippen molar-refractivity contribution in [1.29, 1.82) is 0 Å². The average molecular weight is 212 g/mol. The average Bonchev–Trinajstić information content (AvgIpc) is 2.62. The van der Waals surface area contributed by atoms with Gasteiger partial charge in [0.25, 0.3) is 0 Å². The molecule has 0 aliphatic heterocycles. The van der Waals surface area contributed by atoms with E-state index in [0.29, 0.717) is 6.54 Å². The van der Waals surface area contributed by atoms with Gasteiger partial charge < -0.3 is 4.74 Å². The maximum atomic E-state index is 11.1. The molecule has 0 spiro atoms. The van der Waals surface area contributed by atoms with Crippen molar-refractivity contribution >= 4 is 5.97 Å². The van der Waals surface area contributed by atoms with E-state index < -0.39 is 0 Å². The normalized spacial score (nSPS) is 10.7. The second kappa shape index (κ2) is 5.45. The summed E-state index contributed by atoms with van der Waals surface area (Å²) in [7, 11) is 3.20. The van der Waals surface area contributed by atoms with Crippen LogP contribution in [0.3, 0.4) is 0 Å². The fourth-order valence-corrected chi connectivity index (χ4v) is 1.22. The van der Waals surface area contributed by atoms with Gasteiger partial charge in [0.2, 0.25) is 0 Å². The lowest BCUT2D eigenvalue weighted by atomic mass is 10.4. The molecule has 0 aliphatic carbocycles. The third kappa shape index (κ3) is 3.67. The number of aryl methyl sites for hydroxylation is 1. The minimum absolute atomic E-state index is 0.235. The van der Waals surface area contributed by atoms with Crippen molar-refractivity contribution in [1.82, 2.24) is 19.9 Å². The number of carbonyl (C=O) groups is 1. The Morgan fingerprint density at radius 2 is 2.40 bits per heavy atom. The number of methoxy groups -OCH3 is 1. The minimum Gasteiger partial charge on any atom is -0.468 e. The minimum atomic E-state index is -0.235. The molecule has 0 atom stereocenters. The van der Waals surface area contributed by atoms with Gasteiger partial charge in [-0.3, -0.25) is 14.4 Å². The number of hydrogen-bond donors (Lipinski definition) is 0. The number of nitrogens with zero attached hydrogens (tertiary/aromatic N) is 4. The van der Waals surface area contributed by atoms with Crippen LogP contribution in [-0.2, 0) is 23.1 Å². The number of rotatable bonds is 5. The Hall–Kier alpha value is -1.43. The maximum Gasteiger partial charge on any atom is 0.319 e. The number of aromatic nitrogens is 3. The fourth-order valence-electron chi connectivity index (χ4n) is 1.22. The van der Waals surface area contributed by atoms with Crippen LogP contribution >= 0.6 is 0 Å². The SMILES string of the molecule is CCN(CC(=O)OC)Cc1cn(C)nn1. The zero-order valence-corrected chi connectivity index (χ0v) is 9.30. The molecule has 0 amide bonds. The van der Waals surface area contributed by atoms with Crippen LogP contribution in [0, 0.1) is 0 Å². The summed E-state index contributed by atoms with van der Waals surface area (Å²) in [5, 5.41) is 7.78. The van der Waals surface area contributed by atoms with Crippen LogP contribution in [-0.4, -0.2) is 46.1 Å². The summed E-state index contributed by atoms with van der Waals surface area (Å²) in [6.07, 6.45) is 1.83. The molecule has 84 valence electrons. The van der Waals surface area contributed by atoms with Gasteiger partial charge in [-0.25, -0.2) is 0 Å². The van der Waals surface area contributed by atoms with Gasteiger partial charge >= 0.3 is 5.97 Å². The summed E-state index contributed by atoms with van der Waals surface area (Å²) in [5.74, 6) is -0.235. The van der Waals surface area contributed by atoms with E-state index in [2.05, 4.69) is 15.0 Å². The predicted molar refractivity (Wildman–Crippen MR) is 54.0 cm³/mol. The highest BCUT2D eigenvalue weighted by molar-refractivity contribution is 5.71. The third-order valence-corrected chi connectivity index (χ3v) is 2.06. The number of esters is 1. The number of hydrogen-bond acceptors (Lipinski definition) is 5. The molecule has 0 radical (unpaired) electrons. The molecule has 0 saturated heterocycles.